The van der Waals surface area contributed by atoms with E-state index in [1.165, 1.54) is 0 Å². The molecule has 2 aliphatic rings. The maximum Gasteiger partial charge on any atom is 0.407 e. The summed E-state index contributed by atoms with van der Waals surface area (Å²) in [5.74, 6) is -0.998. The number of allylic oxidation sites excluding steroid dienone is 2. The fourth-order valence-electron chi connectivity index (χ4n) is 8.88. The highest BCUT2D eigenvalue weighted by atomic mass is 16.6. The number of esters is 1. The van der Waals surface area contributed by atoms with Crippen LogP contribution in [0.4, 0.5) is 4.79 Å². The summed E-state index contributed by atoms with van der Waals surface area (Å²) in [4.78, 5) is 55.0. The number of amides is 3. The standard InChI is InChI=1S/C58H59N3O9/c62-35-45(32-40-24-28-47(29-25-40)67-36-42-14-4-1-5-15-42)59-55(63)34-44-18-8-3-9-23-54(61-58(66)70-39-53-51-21-12-10-19-49(51)50-20-11-13-22-52(50)53)57(65)69-38-46(60-56(44)64)33-41-26-30-48(31-27-41)68-37-43-16-6-2-7-17-43/h1-8,10-17,19-22,24-31,44-46,53-54,62H,9,18,23,32-39H2,(H,59,63)(H,60,64)(H,61,66). The van der Waals surface area contributed by atoms with Gasteiger partial charge < -0.3 is 40.0 Å². The maximum absolute atomic E-state index is 14.2. The number of cyclic esters (lactones) is 1. The Kier molecular flexibility index (Phi) is 17.1. The van der Waals surface area contributed by atoms with Crippen molar-refractivity contribution in [3.63, 3.8) is 0 Å². The van der Waals surface area contributed by atoms with E-state index in [-0.39, 0.29) is 56.8 Å². The highest BCUT2D eigenvalue weighted by Gasteiger charge is 2.31. The third kappa shape index (κ3) is 13.7. The molecule has 0 bridgehead atoms. The van der Waals surface area contributed by atoms with Crippen LogP contribution in [0.2, 0.25) is 0 Å². The molecule has 6 aromatic carbocycles. The van der Waals surface area contributed by atoms with E-state index in [0.717, 1.165) is 44.5 Å². The summed E-state index contributed by atoms with van der Waals surface area (Å²) in [7, 11) is 0. The number of benzene rings is 6. The first kappa shape index (κ1) is 48.7. The lowest BCUT2D eigenvalue weighted by Crippen LogP contribution is -2.47. The van der Waals surface area contributed by atoms with Crippen LogP contribution in [-0.4, -0.2) is 66.9 Å². The summed E-state index contributed by atoms with van der Waals surface area (Å²) < 4.78 is 23.6. The zero-order chi connectivity index (χ0) is 48.5. The number of aliphatic hydroxyl groups is 1. The number of ether oxygens (including phenoxy) is 4. The molecule has 8 rings (SSSR count). The van der Waals surface area contributed by atoms with Gasteiger partial charge in [0.1, 0.15) is 44.0 Å². The molecule has 70 heavy (non-hydrogen) atoms. The van der Waals surface area contributed by atoms with Crippen LogP contribution in [0.15, 0.2) is 170 Å². The number of aliphatic hydroxyl groups excluding tert-OH is 1. The van der Waals surface area contributed by atoms with Gasteiger partial charge in [0.05, 0.1) is 24.6 Å². The first-order valence-corrected chi connectivity index (χ1v) is 23.9. The van der Waals surface area contributed by atoms with Gasteiger partial charge in [-0.3, -0.25) is 9.59 Å². The highest BCUT2D eigenvalue weighted by molar-refractivity contribution is 5.86. The van der Waals surface area contributed by atoms with E-state index in [4.69, 9.17) is 18.9 Å². The Morgan fingerprint density at radius 1 is 0.686 bits per heavy atom. The van der Waals surface area contributed by atoms with Crippen molar-refractivity contribution >= 4 is 23.9 Å². The molecule has 0 saturated carbocycles. The van der Waals surface area contributed by atoms with Gasteiger partial charge in [-0.15, -0.1) is 0 Å². The normalized spacial score (nSPS) is 17.5. The van der Waals surface area contributed by atoms with Crippen molar-refractivity contribution in [1.82, 2.24) is 16.0 Å². The van der Waals surface area contributed by atoms with Crippen LogP contribution in [-0.2, 0) is 49.9 Å². The van der Waals surface area contributed by atoms with Crippen LogP contribution in [0.1, 0.15) is 65.0 Å². The minimum absolute atomic E-state index is 0.0812. The summed E-state index contributed by atoms with van der Waals surface area (Å²) in [6, 6.07) is 48.5. The molecule has 0 spiro atoms. The molecule has 3 amide bonds. The van der Waals surface area contributed by atoms with Crippen molar-refractivity contribution < 1.29 is 43.2 Å². The average molecular weight is 942 g/mol. The molecular formula is C58H59N3O9. The number of fused-ring (bicyclic) bond motifs is 3. The number of hydrogen-bond donors (Lipinski definition) is 4. The van der Waals surface area contributed by atoms with Gasteiger partial charge in [-0.05, 0) is 101 Å². The van der Waals surface area contributed by atoms with Crippen molar-refractivity contribution in [3.8, 4) is 22.6 Å². The summed E-state index contributed by atoms with van der Waals surface area (Å²) in [6.45, 7) is 0.418. The average Bonchev–Trinajstić information content (AvgIpc) is 3.71. The van der Waals surface area contributed by atoms with Crippen LogP contribution in [0.3, 0.4) is 0 Å². The largest absolute Gasteiger partial charge is 0.489 e. The summed E-state index contributed by atoms with van der Waals surface area (Å²) >= 11 is 0. The first-order chi connectivity index (χ1) is 34.3. The third-order valence-corrected chi connectivity index (χ3v) is 12.6. The Hall–Kier alpha value is -7.70. The number of carbonyl (C=O) groups excluding carboxylic acids is 4. The molecule has 1 aliphatic carbocycles. The van der Waals surface area contributed by atoms with Crippen LogP contribution in [0.5, 0.6) is 11.5 Å². The maximum atomic E-state index is 14.2. The van der Waals surface area contributed by atoms with Crippen molar-refractivity contribution in [1.29, 1.82) is 0 Å². The van der Waals surface area contributed by atoms with Crippen LogP contribution in [0.25, 0.3) is 11.1 Å². The Morgan fingerprint density at radius 3 is 1.86 bits per heavy atom. The highest BCUT2D eigenvalue weighted by Crippen LogP contribution is 2.44. The monoisotopic (exact) mass is 941 g/mol. The van der Waals surface area contributed by atoms with Gasteiger partial charge >= 0.3 is 12.1 Å². The summed E-state index contributed by atoms with van der Waals surface area (Å²) in [6.07, 6.45) is 4.23. The number of carbonyl (C=O) groups is 4. The first-order valence-electron chi connectivity index (χ1n) is 23.9. The Bertz CT molecular complexity index is 2650. The number of nitrogens with one attached hydrogen (secondary N) is 3. The molecule has 0 saturated heterocycles. The van der Waals surface area contributed by atoms with Gasteiger partial charge in [0.15, 0.2) is 0 Å². The molecule has 6 aromatic rings. The van der Waals surface area contributed by atoms with E-state index in [0.29, 0.717) is 44.0 Å². The summed E-state index contributed by atoms with van der Waals surface area (Å²) in [5, 5.41) is 19.0. The van der Waals surface area contributed by atoms with Crippen LogP contribution >= 0.6 is 0 Å². The summed E-state index contributed by atoms with van der Waals surface area (Å²) in [5.41, 5.74) is 8.18. The molecule has 0 fully saturated rings. The van der Waals surface area contributed by atoms with E-state index in [9.17, 15) is 24.3 Å². The molecule has 12 nitrogen and oxygen atoms in total. The molecule has 4 atom stereocenters. The Morgan fingerprint density at radius 2 is 1.26 bits per heavy atom. The molecule has 4 N–H and O–H groups in total. The number of rotatable bonds is 17. The lowest BCUT2D eigenvalue weighted by molar-refractivity contribution is -0.147. The predicted octanol–water partition coefficient (Wildman–Crippen LogP) is 8.79. The molecule has 1 aliphatic heterocycles. The quantitative estimate of drug-likeness (QED) is 0.0518. The molecule has 4 unspecified atom stereocenters. The van der Waals surface area contributed by atoms with Crippen molar-refractivity contribution in [2.24, 2.45) is 5.92 Å². The molecule has 0 aromatic heterocycles. The second-order valence-electron chi connectivity index (χ2n) is 17.7. The zero-order valence-electron chi connectivity index (χ0n) is 39.0. The molecule has 0 radical (unpaired) electrons. The minimum atomic E-state index is -1.03. The molecule has 12 heteroatoms. The fourth-order valence-corrected chi connectivity index (χ4v) is 8.88. The lowest BCUT2D eigenvalue weighted by Gasteiger charge is -2.24. The van der Waals surface area contributed by atoms with Gasteiger partial charge in [-0.25, -0.2) is 9.59 Å². The predicted molar refractivity (Wildman–Crippen MR) is 267 cm³/mol. The van der Waals surface area contributed by atoms with Gasteiger partial charge in [-0.2, -0.15) is 0 Å². The third-order valence-electron chi connectivity index (χ3n) is 12.6. The van der Waals surface area contributed by atoms with Crippen LogP contribution in [0, 0.1) is 5.92 Å². The molecule has 360 valence electrons. The van der Waals surface area contributed by atoms with Crippen molar-refractivity contribution in [2.45, 2.75) is 75.8 Å². The number of alkyl carbamates (subject to hydrolysis) is 1. The fraction of sp³-hybridized carbons (Fsp3) is 0.276. The van der Waals surface area contributed by atoms with Gasteiger partial charge in [-0.1, -0.05) is 146 Å². The van der Waals surface area contributed by atoms with E-state index in [2.05, 4.69) is 28.1 Å². The van der Waals surface area contributed by atoms with Crippen LogP contribution < -0.4 is 25.4 Å². The van der Waals surface area contributed by atoms with Gasteiger partial charge in [0.25, 0.3) is 0 Å². The Balaban J connectivity index is 0.914. The zero-order valence-corrected chi connectivity index (χ0v) is 39.0. The van der Waals surface area contributed by atoms with E-state index < -0.39 is 36.1 Å². The van der Waals surface area contributed by atoms with E-state index in [1.54, 1.807) is 0 Å². The molecule has 1 heterocycles. The van der Waals surface area contributed by atoms with Crippen molar-refractivity contribution in [3.05, 3.63) is 203 Å². The molecular weight excluding hydrogens is 883 g/mol. The van der Waals surface area contributed by atoms with Gasteiger partial charge in [0, 0.05) is 12.3 Å². The smallest absolute Gasteiger partial charge is 0.407 e. The lowest BCUT2D eigenvalue weighted by atomic mass is 9.97. The van der Waals surface area contributed by atoms with E-state index in [1.807, 2.05) is 158 Å². The topological polar surface area (TPSA) is 162 Å². The second kappa shape index (κ2) is 24.5. The second-order valence-corrected chi connectivity index (χ2v) is 17.7. The number of hydrogen-bond acceptors (Lipinski definition) is 9. The van der Waals surface area contributed by atoms with E-state index >= 15 is 0 Å². The van der Waals surface area contributed by atoms with Gasteiger partial charge in [0.2, 0.25) is 11.8 Å². The SMILES string of the molecule is O=C(CC1CC=CCCC(NC(=O)OCC2c3ccccc3-c3ccccc32)C(=O)OCC(Cc2ccc(OCc3ccccc3)cc2)NC1=O)NC(CO)Cc1ccc(OCc2ccccc2)cc1. The Labute approximate surface area is 409 Å². The minimum Gasteiger partial charge on any atom is -0.489 e. The van der Waals surface area contributed by atoms with Crippen molar-refractivity contribution in [2.75, 3.05) is 19.8 Å².